The van der Waals surface area contributed by atoms with Crippen LogP contribution in [0.4, 0.5) is 0 Å². The number of amides is 1. The first kappa shape index (κ1) is 35.8. The maximum absolute atomic E-state index is 13.6. The molecule has 2 aromatic heterocycles. The Hall–Kier alpha value is -5.05. The van der Waals surface area contributed by atoms with E-state index in [1.807, 2.05) is 54.9 Å². The predicted octanol–water partition coefficient (Wildman–Crippen LogP) is 9.84. The molecular weight excluding hydrogens is 683 g/mol. The molecular formula is C41H40Cl2N4O4. The number of carboxylic acid groups (broad SMARTS) is 1. The number of carbonyl (C=O) groups is 2. The van der Waals surface area contributed by atoms with Crippen molar-refractivity contribution in [2.45, 2.75) is 64.6 Å². The highest BCUT2D eigenvalue weighted by Gasteiger charge is 2.23. The Kier molecular flexibility index (Phi) is 11.8. The first-order valence-electron chi connectivity index (χ1n) is 17.2. The van der Waals surface area contributed by atoms with E-state index < -0.39 is 12.0 Å². The lowest BCUT2D eigenvalue weighted by atomic mass is 10.0. The van der Waals surface area contributed by atoms with Crippen LogP contribution in [0.5, 0.6) is 5.75 Å². The van der Waals surface area contributed by atoms with Gasteiger partial charge in [-0.2, -0.15) is 0 Å². The van der Waals surface area contributed by atoms with Gasteiger partial charge in [0.15, 0.2) is 0 Å². The molecule has 0 aliphatic heterocycles. The number of rotatable bonds is 16. The molecule has 0 aliphatic carbocycles. The number of carbonyl (C=O) groups excluding carboxylic acids is 1. The third-order valence-electron chi connectivity index (χ3n) is 8.91. The van der Waals surface area contributed by atoms with Gasteiger partial charge in [0.25, 0.3) is 0 Å². The van der Waals surface area contributed by atoms with E-state index in [0.29, 0.717) is 41.7 Å². The van der Waals surface area contributed by atoms with E-state index in [-0.39, 0.29) is 11.5 Å². The van der Waals surface area contributed by atoms with Crippen molar-refractivity contribution < 1.29 is 19.4 Å². The van der Waals surface area contributed by atoms with E-state index in [9.17, 15) is 9.59 Å². The highest BCUT2D eigenvalue weighted by atomic mass is 35.5. The number of unbranched alkanes of at least 4 members (excludes halogenated alkanes) is 1. The number of H-pyrrole nitrogens is 1. The normalized spacial score (nSPS) is 11.8. The summed E-state index contributed by atoms with van der Waals surface area (Å²) in [5.74, 6) is 0.447. The van der Waals surface area contributed by atoms with Gasteiger partial charge in [0, 0.05) is 46.8 Å². The van der Waals surface area contributed by atoms with Crippen molar-refractivity contribution in [3.8, 4) is 17.0 Å². The molecule has 0 radical (unpaired) electrons. The number of imidazole rings is 1. The van der Waals surface area contributed by atoms with E-state index in [4.69, 9.17) is 38.0 Å². The Balaban J connectivity index is 1.20. The Morgan fingerprint density at radius 1 is 0.961 bits per heavy atom. The second-order valence-electron chi connectivity index (χ2n) is 12.6. The lowest BCUT2D eigenvalue weighted by Crippen LogP contribution is -2.32. The number of aromatic carboxylic acids is 1. The van der Waals surface area contributed by atoms with E-state index in [1.54, 1.807) is 36.4 Å². The third-order valence-corrected chi connectivity index (χ3v) is 9.46. The molecule has 4 aromatic carbocycles. The molecule has 1 atom stereocenters. The quantitative estimate of drug-likeness (QED) is 0.0922. The first-order valence-corrected chi connectivity index (χ1v) is 17.9. The van der Waals surface area contributed by atoms with E-state index in [1.165, 1.54) is 10.9 Å². The van der Waals surface area contributed by atoms with E-state index >= 15 is 0 Å². The summed E-state index contributed by atoms with van der Waals surface area (Å²) in [4.78, 5) is 33.2. The smallest absolute Gasteiger partial charge is 0.335 e. The highest BCUT2D eigenvalue weighted by molar-refractivity contribution is 6.36. The molecule has 0 saturated heterocycles. The monoisotopic (exact) mass is 722 g/mol. The molecule has 262 valence electrons. The number of fused-ring (bicyclic) bond motifs is 1. The fourth-order valence-corrected chi connectivity index (χ4v) is 6.67. The topological polar surface area (TPSA) is 109 Å². The maximum atomic E-state index is 13.6. The van der Waals surface area contributed by atoms with Gasteiger partial charge >= 0.3 is 5.97 Å². The molecule has 10 heteroatoms. The van der Waals surface area contributed by atoms with E-state index in [2.05, 4.69) is 33.9 Å². The number of aryl methyl sites for hydroxylation is 2. The molecule has 0 spiro atoms. The minimum Gasteiger partial charge on any atom is -0.489 e. The van der Waals surface area contributed by atoms with Crippen LogP contribution in [0, 0.1) is 0 Å². The number of halogens is 2. The average Bonchev–Trinajstić information content (AvgIpc) is 3.75. The zero-order valence-electron chi connectivity index (χ0n) is 28.4. The minimum absolute atomic E-state index is 0.0372. The fourth-order valence-electron chi connectivity index (χ4n) is 6.16. The molecule has 6 rings (SSSR count). The number of ether oxygens (including phenoxy) is 1. The molecule has 1 amide bonds. The number of aromatic nitrogens is 3. The summed E-state index contributed by atoms with van der Waals surface area (Å²) in [7, 11) is 0. The average molecular weight is 724 g/mol. The first-order chi connectivity index (χ1) is 24.8. The molecule has 0 saturated carbocycles. The van der Waals surface area contributed by atoms with Crippen molar-refractivity contribution in [2.75, 3.05) is 0 Å². The second-order valence-corrected chi connectivity index (χ2v) is 13.5. The molecule has 51 heavy (non-hydrogen) atoms. The zero-order chi connectivity index (χ0) is 35.7. The molecule has 8 nitrogen and oxygen atoms in total. The highest BCUT2D eigenvalue weighted by Crippen LogP contribution is 2.32. The van der Waals surface area contributed by atoms with Crippen LogP contribution in [-0.4, -0.2) is 31.5 Å². The van der Waals surface area contributed by atoms with Crippen LogP contribution in [0.3, 0.4) is 0 Å². The molecule has 2 heterocycles. The third kappa shape index (κ3) is 9.20. The summed E-state index contributed by atoms with van der Waals surface area (Å²) in [6.07, 6.45) is 8.39. The predicted molar refractivity (Wildman–Crippen MR) is 203 cm³/mol. The number of benzene rings is 4. The van der Waals surface area contributed by atoms with Crippen LogP contribution in [-0.2, 0) is 30.8 Å². The van der Waals surface area contributed by atoms with E-state index in [0.717, 1.165) is 59.5 Å². The number of carboxylic acids is 1. The van der Waals surface area contributed by atoms with Gasteiger partial charge in [-0.25, -0.2) is 9.78 Å². The standard InChI is InChI=1S/C41H40Cl2N4O4/c1-2-3-21-47-25-38(34-20-17-31(42)23-35(34)43)46-40(47)37(45-39(48)10-6-7-30-24-44-36-9-5-4-8-33(30)36)22-27-13-18-32(19-14-27)51-26-28-11-15-29(16-12-28)41(49)50/h4-5,8-9,11-20,23-25,37,44H,2-3,6-7,10,21-22,26H2,1H3,(H,45,48)(H,49,50)/t37-/m0/s1. The summed E-state index contributed by atoms with van der Waals surface area (Å²) < 4.78 is 8.11. The number of nitrogens with zero attached hydrogens (tertiary/aromatic N) is 2. The van der Waals surface area contributed by atoms with Crippen molar-refractivity contribution >= 4 is 46.0 Å². The molecule has 0 fully saturated rings. The summed E-state index contributed by atoms with van der Waals surface area (Å²) in [5, 5.41) is 14.7. The van der Waals surface area contributed by atoms with Crippen LogP contribution in [0.2, 0.25) is 10.0 Å². The Morgan fingerprint density at radius 3 is 2.47 bits per heavy atom. The van der Waals surface area contributed by atoms with Crippen LogP contribution < -0.4 is 10.1 Å². The minimum atomic E-state index is -0.962. The molecule has 0 aliphatic rings. The second kappa shape index (κ2) is 16.8. The Labute approximate surface area is 307 Å². The van der Waals surface area contributed by atoms with Gasteiger partial charge in [-0.1, -0.05) is 79.0 Å². The van der Waals surface area contributed by atoms with Crippen molar-refractivity contribution in [3.05, 3.63) is 142 Å². The van der Waals surface area contributed by atoms with Gasteiger partial charge in [0.1, 0.15) is 18.2 Å². The Bertz CT molecular complexity index is 2110. The summed E-state index contributed by atoms with van der Waals surface area (Å²) in [6, 6.07) is 27.6. The number of hydrogen-bond donors (Lipinski definition) is 3. The van der Waals surface area contributed by atoms with Crippen LogP contribution in [0.1, 0.15) is 71.5 Å². The number of aromatic amines is 1. The van der Waals surface area contributed by atoms with Gasteiger partial charge in [-0.05, 0) is 90.9 Å². The van der Waals surface area contributed by atoms with Gasteiger partial charge in [0.2, 0.25) is 5.91 Å². The number of para-hydroxylation sites is 1. The number of nitrogens with one attached hydrogen (secondary N) is 2. The summed E-state index contributed by atoms with van der Waals surface area (Å²) >= 11 is 12.8. The summed E-state index contributed by atoms with van der Waals surface area (Å²) in [5.41, 5.74) is 5.91. The molecule has 0 bridgehead atoms. The molecule has 6 aromatic rings. The zero-order valence-corrected chi connectivity index (χ0v) is 29.9. The molecule has 0 unspecified atom stereocenters. The van der Waals surface area contributed by atoms with Crippen LogP contribution >= 0.6 is 23.2 Å². The van der Waals surface area contributed by atoms with Gasteiger partial charge in [0.05, 0.1) is 22.3 Å². The summed E-state index contributed by atoms with van der Waals surface area (Å²) in [6.45, 7) is 3.20. The van der Waals surface area contributed by atoms with Gasteiger partial charge in [-0.15, -0.1) is 0 Å². The van der Waals surface area contributed by atoms with Crippen LogP contribution in [0.15, 0.2) is 103 Å². The number of hydrogen-bond acceptors (Lipinski definition) is 4. The van der Waals surface area contributed by atoms with Crippen molar-refractivity contribution in [1.29, 1.82) is 0 Å². The van der Waals surface area contributed by atoms with Crippen LogP contribution in [0.25, 0.3) is 22.2 Å². The van der Waals surface area contributed by atoms with Gasteiger partial charge in [-0.3, -0.25) is 4.79 Å². The lowest BCUT2D eigenvalue weighted by molar-refractivity contribution is -0.122. The maximum Gasteiger partial charge on any atom is 0.335 e. The fraction of sp³-hybridized carbons (Fsp3) is 0.244. The molecule has 3 N–H and O–H groups in total. The largest absolute Gasteiger partial charge is 0.489 e. The van der Waals surface area contributed by atoms with Crippen molar-refractivity contribution in [3.63, 3.8) is 0 Å². The SMILES string of the molecule is CCCCn1cc(-c2ccc(Cl)cc2Cl)nc1[C@H](Cc1ccc(OCc2ccc(C(=O)O)cc2)cc1)NC(=O)CCCc1c[nH]c2ccccc12. The van der Waals surface area contributed by atoms with Crippen molar-refractivity contribution in [1.82, 2.24) is 19.9 Å². The Morgan fingerprint density at radius 2 is 1.73 bits per heavy atom. The van der Waals surface area contributed by atoms with Gasteiger partial charge < -0.3 is 24.7 Å². The van der Waals surface area contributed by atoms with Crippen molar-refractivity contribution in [2.24, 2.45) is 0 Å². The lowest BCUT2D eigenvalue weighted by Gasteiger charge is -2.20.